The molecule has 0 aromatic carbocycles. The molecule has 162 valence electrons. The first-order valence-corrected chi connectivity index (χ1v) is 11.3. The van der Waals surface area contributed by atoms with Crippen molar-refractivity contribution in [1.29, 1.82) is 0 Å². The van der Waals surface area contributed by atoms with Crippen LogP contribution >= 0.6 is 23.2 Å². The number of rotatable bonds is 6. The zero-order valence-electron chi connectivity index (χ0n) is 16.9. The summed E-state index contributed by atoms with van der Waals surface area (Å²) in [5.41, 5.74) is 0. The molecule has 0 atom stereocenters. The Morgan fingerprint density at radius 1 is 1.10 bits per heavy atom. The number of anilines is 1. The summed E-state index contributed by atoms with van der Waals surface area (Å²) in [6.07, 6.45) is 10.1. The number of amides is 1. The van der Waals surface area contributed by atoms with Crippen molar-refractivity contribution in [3.8, 4) is 0 Å². The van der Waals surface area contributed by atoms with Crippen LogP contribution in [0.4, 0.5) is 5.82 Å². The molecule has 2 fully saturated rings. The van der Waals surface area contributed by atoms with Gasteiger partial charge >= 0.3 is 5.91 Å². The van der Waals surface area contributed by atoms with Crippen LogP contribution in [0.1, 0.15) is 42.8 Å². The van der Waals surface area contributed by atoms with Gasteiger partial charge in [-0.2, -0.15) is 0 Å². The molecule has 1 saturated carbocycles. The SMILES string of the molecule is O=C(NC1CCC(CCN2CCN(c3cc(Cl)c(Cl)cn3)CC2)CC1)c1ncco1. The van der Waals surface area contributed by atoms with Gasteiger partial charge < -0.3 is 14.6 Å². The van der Waals surface area contributed by atoms with Gasteiger partial charge in [-0.1, -0.05) is 23.2 Å². The first-order chi connectivity index (χ1) is 14.6. The fourth-order valence-electron chi connectivity index (χ4n) is 4.32. The lowest BCUT2D eigenvalue weighted by Crippen LogP contribution is -2.47. The van der Waals surface area contributed by atoms with Gasteiger partial charge in [-0.05, 0) is 44.6 Å². The molecule has 30 heavy (non-hydrogen) atoms. The van der Waals surface area contributed by atoms with Gasteiger partial charge in [0.1, 0.15) is 12.1 Å². The minimum Gasteiger partial charge on any atom is -0.441 e. The quantitative estimate of drug-likeness (QED) is 0.717. The standard InChI is InChI=1S/C21H27Cl2N5O2/c22-17-13-19(25-14-18(17)23)28-10-8-27(9-11-28)7-5-15-1-3-16(4-2-15)26-20(29)21-24-6-12-30-21/h6,12-16H,1-5,7-11H2,(H,26,29). The van der Waals surface area contributed by atoms with E-state index in [-0.39, 0.29) is 17.8 Å². The number of nitrogens with one attached hydrogen (secondary N) is 1. The Bertz CT molecular complexity index is 832. The van der Waals surface area contributed by atoms with Crippen molar-refractivity contribution in [2.45, 2.75) is 38.1 Å². The van der Waals surface area contributed by atoms with E-state index < -0.39 is 0 Å². The lowest BCUT2D eigenvalue weighted by atomic mass is 9.84. The molecule has 0 bridgehead atoms. The number of carbonyl (C=O) groups excluding carboxylic acids is 1. The first-order valence-electron chi connectivity index (χ1n) is 10.6. The Kier molecular flexibility index (Phi) is 7.12. The van der Waals surface area contributed by atoms with Crippen molar-refractivity contribution in [3.63, 3.8) is 0 Å². The second kappa shape index (κ2) is 9.98. The molecule has 9 heteroatoms. The fourth-order valence-corrected chi connectivity index (χ4v) is 4.57. The summed E-state index contributed by atoms with van der Waals surface area (Å²) in [6, 6.07) is 2.07. The summed E-state index contributed by atoms with van der Waals surface area (Å²) in [4.78, 5) is 25.2. The number of nitrogens with zero attached hydrogens (tertiary/aromatic N) is 4. The summed E-state index contributed by atoms with van der Waals surface area (Å²) in [5, 5.41) is 4.08. The van der Waals surface area contributed by atoms with Crippen LogP contribution in [0.3, 0.4) is 0 Å². The van der Waals surface area contributed by atoms with Crippen LogP contribution < -0.4 is 10.2 Å². The van der Waals surface area contributed by atoms with Gasteiger partial charge in [-0.15, -0.1) is 0 Å². The number of piperazine rings is 1. The van der Waals surface area contributed by atoms with Gasteiger partial charge in [-0.3, -0.25) is 9.69 Å². The number of aromatic nitrogens is 2. The topological polar surface area (TPSA) is 74.5 Å². The third kappa shape index (κ3) is 5.45. The molecule has 3 heterocycles. The van der Waals surface area contributed by atoms with E-state index in [0.29, 0.717) is 10.0 Å². The second-order valence-corrected chi connectivity index (χ2v) is 8.92. The average Bonchev–Trinajstić information content (AvgIpc) is 3.31. The minimum atomic E-state index is -0.210. The Labute approximate surface area is 186 Å². The van der Waals surface area contributed by atoms with Gasteiger partial charge in [0.05, 0.1) is 16.2 Å². The van der Waals surface area contributed by atoms with Gasteiger partial charge in [0, 0.05) is 44.5 Å². The van der Waals surface area contributed by atoms with E-state index in [1.54, 1.807) is 6.20 Å². The third-order valence-electron chi connectivity index (χ3n) is 6.15. The predicted octanol–water partition coefficient (Wildman–Crippen LogP) is 3.88. The van der Waals surface area contributed by atoms with E-state index in [9.17, 15) is 4.79 Å². The molecule has 1 aliphatic heterocycles. The fraction of sp³-hybridized carbons (Fsp3) is 0.571. The van der Waals surface area contributed by atoms with Crippen LogP contribution in [-0.2, 0) is 0 Å². The van der Waals surface area contributed by atoms with Gasteiger partial charge in [-0.25, -0.2) is 9.97 Å². The highest BCUT2D eigenvalue weighted by atomic mass is 35.5. The van der Waals surface area contributed by atoms with E-state index in [2.05, 4.69) is 25.1 Å². The molecule has 0 radical (unpaired) electrons. The van der Waals surface area contributed by atoms with E-state index in [4.69, 9.17) is 27.6 Å². The zero-order chi connectivity index (χ0) is 20.9. The lowest BCUT2D eigenvalue weighted by molar-refractivity contribution is 0.0884. The summed E-state index contributed by atoms with van der Waals surface area (Å²) >= 11 is 12.1. The van der Waals surface area contributed by atoms with Crippen molar-refractivity contribution in [2.75, 3.05) is 37.6 Å². The minimum absolute atomic E-state index is 0.146. The van der Waals surface area contributed by atoms with E-state index in [1.165, 1.54) is 18.9 Å². The van der Waals surface area contributed by atoms with Crippen LogP contribution in [0.2, 0.25) is 10.0 Å². The number of carbonyl (C=O) groups is 1. The molecule has 2 aromatic heterocycles. The Morgan fingerprint density at radius 3 is 2.53 bits per heavy atom. The smallest absolute Gasteiger partial charge is 0.307 e. The maximum Gasteiger partial charge on any atom is 0.307 e. The molecule has 1 N–H and O–H groups in total. The molecule has 1 amide bonds. The van der Waals surface area contributed by atoms with Crippen LogP contribution in [0, 0.1) is 5.92 Å². The van der Waals surface area contributed by atoms with Crippen LogP contribution in [0.25, 0.3) is 0 Å². The third-order valence-corrected chi connectivity index (χ3v) is 6.86. The number of halogens is 2. The largest absolute Gasteiger partial charge is 0.441 e. The maximum absolute atomic E-state index is 12.1. The summed E-state index contributed by atoms with van der Waals surface area (Å²) in [6.45, 7) is 5.09. The molecule has 4 rings (SSSR count). The van der Waals surface area contributed by atoms with Crippen molar-refractivity contribution in [1.82, 2.24) is 20.2 Å². The predicted molar refractivity (Wildman–Crippen MR) is 117 cm³/mol. The Morgan fingerprint density at radius 2 is 1.87 bits per heavy atom. The molecule has 1 aliphatic carbocycles. The van der Waals surface area contributed by atoms with E-state index in [1.807, 2.05) is 6.07 Å². The molecular weight excluding hydrogens is 425 g/mol. The highest BCUT2D eigenvalue weighted by Crippen LogP contribution is 2.28. The summed E-state index contributed by atoms with van der Waals surface area (Å²) in [7, 11) is 0. The number of hydrogen-bond acceptors (Lipinski definition) is 6. The van der Waals surface area contributed by atoms with Crippen molar-refractivity contribution < 1.29 is 9.21 Å². The lowest BCUT2D eigenvalue weighted by Gasteiger charge is -2.36. The normalized spacial score (nSPS) is 22.8. The summed E-state index contributed by atoms with van der Waals surface area (Å²) in [5.74, 6) is 1.56. The van der Waals surface area contributed by atoms with E-state index in [0.717, 1.165) is 70.1 Å². The number of pyridine rings is 1. The molecular formula is C21H27Cl2N5O2. The maximum atomic E-state index is 12.1. The second-order valence-electron chi connectivity index (χ2n) is 8.10. The van der Waals surface area contributed by atoms with Crippen molar-refractivity contribution >= 4 is 34.9 Å². The van der Waals surface area contributed by atoms with E-state index >= 15 is 0 Å². The molecule has 2 aromatic rings. The molecule has 7 nitrogen and oxygen atoms in total. The molecule has 0 spiro atoms. The van der Waals surface area contributed by atoms with Gasteiger partial charge in [0.25, 0.3) is 5.89 Å². The van der Waals surface area contributed by atoms with Crippen molar-refractivity contribution in [2.24, 2.45) is 5.92 Å². The number of oxazole rings is 1. The Hall–Kier alpha value is -1.83. The highest BCUT2D eigenvalue weighted by Gasteiger charge is 2.25. The monoisotopic (exact) mass is 451 g/mol. The molecule has 0 unspecified atom stereocenters. The van der Waals surface area contributed by atoms with Crippen LogP contribution in [0.5, 0.6) is 0 Å². The Balaban J connectivity index is 1.14. The zero-order valence-corrected chi connectivity index (χ0v) is 18.4. The van der Waals surface area contributed by atoms with Gasteiger partial charge in [0.15, 0.2) is 0 Å². The molecule has 1 saturated heterocycles. The summed E-state index contributed by atoms with van der Waals surface area (Å²) < 4.78 is 5.06. The number of hydrogen-bond donors (Lipinski definition) is 1. The van der Waals surface area contributed by atoms with Crippen molar-refractivity contribution in [3.05, 3.63) is 40.7 Å². The first kappa shape index (κ1) is 21.4. The highest BCUT2D eigenvalue weighted by molar-refractivity contribution is 6.42. The van der Waals surface area contributed by atoms with Gasteiger partial charge in [0.2, 0.25) is 0 Å². The molecule has 2 aliphatic rings. The van der Waals surface area contributed by atoms with Crippen LogP contribution in [-0.4, -0.2) is 59.5 Å². The van der Waals surface area contributed by atoms with Crippen LogP contribution in [0.15, 0.2) is 29.1 Å². The average molecular weight is 452 g/mol.